The lowest BCUT2D eigenvalue weighted by Gasteiger charge is -2.27. The van der Waals surface area contributed by atoms with Gasteiger partial charge in [0.25, 0.3) is 11.7 Å². The molecule has 3 aromatic carbocycles. The Hall–Kier alpha value is -3.88. The fourth-order valence-electron chi connectivity index (χ4n) is 4.78. The van der Waals surface area contributed by atoms with Gasteiger partial charge in [-0.25, -0.2) is 0 Å². The van der Waals surface area contributed by atoms with Crippen molar-refractivity contribution in [1.82, 2.24) is 0 Å². The molecule has 1 heterocycles. The molecule has 0 aromatic heterocycles. The Kier molecular flexibility index (Phi) is 8.28. The molecule has 204 valence electrons. The second kappa shape index (κ2) is 11.5. The van der Waals surface area contributed by atoms with Gasteiger partial charge < -0.3 is 24.6 Å². The predicted molar refractivity (Wildman–Crippen MR) is 152 cm³/mol. The number of halogens is 2. The van der Waals surface area contributed by atoms with E-state index in [1.165, 1.54) is 37.3 Å². The number of benzene rings is 3. The van der Waals surface area contributed by atoms with E-state index in [1.807, 2.05) is 26.0 Å². The minimum atomic E-state index is -1.02. The van der Waals surface area contributed by atoms with E-state index in [0.717, 1.165) is 18.8 Å². The summed E-state index contributed by atoms with van der Waals surface area (Å²) < 4.78 is 10.7. The number of rotatable bonds is 8. The van der Waals surface area contributed by atoms with E-state index in [-0.39, 0.29) is 38.4 Å². The zero-order valence-electron chi connectivity index (χ0n) is 21.9. The van der Waals surface area contributed by atoms with Crippen LogP contribution >= 0.6 is 23.2 Å². The Morgan fingerprint density at radius 3 is 2.08 bits per heavy atom. The van der Waals surface area contributed by atoms with Gasteiger partial charge in [-0.15, -0.1) is 0 Å². The number of hydrogen-bond donors (Lipinski definition) is 2. The molecule has 1 aliphatic rings. The number of aliphatic hydroxyl groups is 1. The quantitative estimate of drug-likeness (QED) is 0.189. The van der Waals surface area contributed by atoms with Gasteiger partial charge in [0.15, 0.2) is 11.5 Å². The highest BCUT2D eigenvalue weighted by Gasteiger charge is 2.47. The van der Waals surface area contributed by atoms with Gasteiger partial charge in [0.05, 0.1) is 36.4 Å². The van der Waals surface area contributed by atoms with Crippen molar-refractivity contribution < 1.29 is 29.3 Å². The highest BCUT2D eigenvalue weighted by atomic mass is 35.5. The molecule has 0 spiro atoms. The number of Topliss-reactive ketones (excluding diaryl/α,β-unsaturated/α-hetero) is 1. The van der Waals surface area contributed by atoms with Crippen LogP contribution in [0.1, 0.15) is 31.0 Å². The molecule has 4 rings (SSSR count). The van der Waals surface area contributed by atoms with E-state index in [0.29, 0.717) is 11.3 Å². The van der Waals surface area contributed by atoms with Crippen LogP contribution in [0.15, 0.2) is 60.2 Å². The number of phenolic OH excluding ortho intramolecular Hbond substituents is 1. The summed E-state index contributed by atoms with van der Waals surface area (Å²) in [6, 6.07) is 13.7. The molecular weight excluding hydrogens is 543 g/mol. The predicted octanol–water partition coefficient (Wildman–Crippen LogP) is 6.19. The number of nitrogens with zero attached hydrogens (tertiary/aromatic N) is 2. The van der Waals surface area contributed by atoms with Gasteiger partial charge in [-0.1, -0.05) is 35.3 Å². The zero-order valence-corrected chi connectivity index (χ0v) is 23.4. The summed E-state index contributed by atoms with van der Waals surface area (Å²) in [7, 11) is 2.73. The van der Waals surface area contributed by atoms with Gasteiger partial charge in [-0.2, -0.15) is 0 Å². The number of amides is 1. The maximum absolute atomic E-state index is 13.5. The fourth-order valence-corrected chi connectivity index (χ4v) is 5.46. The number of hydrogen-bond acceptors (Lipinski definition) is 7. The van der Waals surface area contributed by atoms with Crippen molar-refractivity contribution in [2.45, 2.75) is 19.9 Å². The van der Waals surface area contributed by atoms with Gasteiger partial charge in [0.2, 0.25) is 0 Å². The summed E-state index contributed by atoms with van der Waals surface area (Å²) in [5.74, 6) is -2.07. The lowest BCUT2D eigenvalue weighted by Crippen LogP contribution is -2.29. The van der Waals surface area contributed by atoms with Crippen molar-refractivity contribution in [3.05, 3.63) is 81.3 Å². The van der Waals surface area contributed by atoms with Crippen LogP contribution in [0.3, 0.4) is 0 Å². The summed E-state index contributed by atoms with van der Waals surface area (Å²) in [6.07, 6.45) is 0. The molecule has 1 aliphatic heterocycles. The van der Waals surface area contributed by atoms with Crippen LogP contribution < -0.4 is 19.3 Å². The maximum atomic E-state index is 13.5. The monoisotopic (exact) mass is 570 g/mol. The first-order chi connectivity index (χ1) is 18.7. The van der Waals surface area contributed by atoms with Crippen molar-refractivity contribution in [3.8, 4) is 17.2 Å². The minimum Gasteiger partial charge on any atom is -0.508 e. The van der Waals surface area contributed by atoms with Crippen molar-refractivity contribution in [3.63, 3.8) is 0 Å². The molecule has 1 atom stereocenters. The summed E-state index contributed by atoms with van der Waals surface area (Å²) in [5.41, 5.74) is 1.75. The Balaban J connectivity index is 1.95. The number of ether oxygens (including phenoxy) is 2. The highest BCUT2D eigenvalue weighted by Crippen LogP contribution is 2.48. The van der Waals surface area contributed by atoms with E-state index in [2.05, 4.69) is 4.90 Å². The van der Waals surface area contributed by atoms with Crippen LogP contribution in [0.4, 0.5) is 11.4 Å². The first kappa shape index (κ1) is 28.1. The largest absolute Gasteiger partial charge is 0.508 e. The Bertz CT molecular complexity index is 1430. The summed E-state index contributed by atoms with van der Waals surface area (Å²) in [5, 5.41) is 21.5. The van der Waals surface area contributed by atoms with Crippen molar-refractivity contribution >= 4 is 52.0 Å². The molecule has 3 aromatic rings. The smallest absolute Gasteiger partial charge is 0.300 e. The van der Waals surface area contributed by atoms with Crippen LogP contribution in [0.25, 0.3) is 5.76 Å². The molecule has 10 heteroatoms. The standard InChI is InChI=1S/C29H28Cl2N2O6/c1-5-32(6-2)17-9-11-18(12-10-17)33-24(16-7-13-19(34)14-8-16)22(26(36)29(33)37)25(35)20-15-21(30)28(39-4)23(31)27(20)38-3/h7-15,24,34-35H,5-6H2,1-4H3/b25-22+. The molecule has 1 fully saturated rings. The van der Waals surface area contributed by atoms with Gasteiger partial charge in [-0.3, -0.25) is 14.5 Å². The zero-order chi connectivity index (χ0) is 28.4. The normalized spacial score (nSPS) is 16.5. The lowest BCUT2D eigenvalue weighted by molar-refractivity contribution is -0.132. The SMILES string of the molecule is CCN(CC)c1ccc(N2C(=O)C(=O)/C(=C(/O)c3cc(Cl)c(OC)c(Cl)c3OC)C2c2ccc(O)cc2)cc1. The van der Waals surface area contributed by atoms with E-state index in [4.69, 9.17) is 32.7 Å². The molecule has 39 heavy (non-hydrogen) atoms. The topological polar surface area (TPSA) is 99.5 Å². The molecule has 0 bridgehead atoms. The molecule has 1 unspecified atom stereocenters. The lowest BCUT2D eigenvalue weighted by atomic mass is 9.94. The first-order valence-corrected chi connectivity index (χ1v) is 13.0. The minimum absolute atomic E-state index is 0.00328. The Morgan fingerprint density at radius 2 is 1.54 bits per heavy atom. The number of ketones is 1. The van der Waals surface area contributed by atoms with Crippen LogP contribution in [-0.4, -0.2) is 49.2 Å². The second-order valence-corrected chi connectivity index (χ2v) is 9.52. The van der Waals surface area contributed by atoms with Crippen molar-refractivity contribution in [2.24, 2.45) is 0 Å². The average molecular weight is 571 g/mol. The number of aliphatic hydroxyl groups excluding tert-OH is 1. The third-order valence-electron chi connectivity index (χ3n) is 6.70. The average Bonchev–Trinajstić information content (AvgIpc) is 3.19. The third-order valence-corrected chi connectivity index (χ3v) is 7.33. The summed E-state index contributed by atoms with van der Waals surface area (Å²) in [6.45, 7) is 5.71. The first-order valence-electron chi connectivity index (χ1n) is 12.2. The summed E-state index contributed by atoms with van der Waals surface area (Å²) in [4.78, 5) is 30.5. The Labute approximate surface area is 236 Å². The molecule has 2 N–H and O–H groups in total. The van der Waals surface area contributed by atoms with E-state index in [9.17, 15) is 19.8 Å². The highest BCUT2D eigenvalue weighted by molar-refractivity contribution is 6.52. The second-order valence-electron chi connectivity index (χ2n) is 8.74. The number of carbonyl (C=O) groups is 2. The van der Waals surface area contributed by atoms with Gasteiger partial charge >= 0.3 is 0 Å². The number of aromatic hydroxyl groups is 1. The molecule has 1 amide bonds. The third kappa shape index (κ3) is 4.97. The molecule has 0 aliphatic carbocycles. The van der Waals surface area contributed by atoms with Crippen molar-refractivity contribution in [1.29, 1.82) is 0 Å². The molecule has 0 radical (unpaired) electrons. The number of methoxy groups -OCH3 is 2. The molecule has 1 saturated heterocycles. The van der Waals surface area contributed by atoms with Gasteiger partial charge in [0, 0.05) is 24.5 Å². The van der Waals surface area contributed by atoms with Crippen LogP contribution in [0.2, 0.25) is 10.0 Å². The maximum Gasteiger partial charge on any atom is 0.300 e. The number of phenols is 1. The van der Waals surface area contributed by atoms with Gasteiger partial charge in [-0.05, 0) is 61.9 Å². The van der Waals surface area contributed by atoms with E-state index >= 15 is 0 Å². The summed E-state index contributed by atoms with van der Waals surface area (Å²) >= 11 is 12.8. The molecular formula is C29H28Cl2N2O6. The van der Waals surface area contributed by atoms with Crippen molar-refractivity contribution in [2.75, 3.05) is 37.1 Å². The number of anilines is 2. The van der Waals surface area contributed by atoms with Gasteiger partial charge in [0.1, 0.15) is 16.5 Å². The molecule has 8 nitrogen and oxygen atoms in total. The Morgan fingerprint density at radius 1 is 0.949 bits per heavy atom. The van der Waals surface area contributed by atoms with Crippen LogP contribution in [0, 0.1) is 0 Å². The fraction of sp³-hybridized carbons (Fsp3) is 0.241. The molecule has 0 saturated carbocycles. The van der Waals surface area contributed by atoms with Crippen LogP contribution in [-0.2, 0) is 9.59 Å². The van der Waals surface area contributed by atoms with E-state index in [1.54, 1.807) is 24.3 Å². The van der Waals surface area contributed by atoms with E-state index < -0.39 is 23.5 Å². The van der Waals surface area contributed by atoms with Crippen LogP contribution in [0.5, 0.6) is 17.2 Å². The number of carbonyl (C=O) groups excluding carboxylic acids is 2.